The number of thioether (sulfide) groups is 2. The summed E-state index contributed by atoms with van der Waals surface area (Å²) in [5, 5.41) is 23.7. The molecule has 16 heteroatoms. The first kappa shape index (κ1) is 29.9. The molecule has 11 nitrogen and oxygen atoms in total. The van der Waals surface area contributed by atoms with E-state index in [4.69, 9.17) is 32.7 Å². The number of amides is 2. The lowest BCUT2D eigenvalue weighted by atomic mass is 10.3. The normalized spacial score (nSPS) is 10.8. The van der Waals surface area contributed by atoms with Crippen LogP contribution in [0.3, 0.4) is 0 Å². The summed E-state index contributed by atoms with van der Waals surface area (Å²) in [7, 11) is 1.55. The fourth-order valence-corrected chi connectivity index (χ4v) is 6.15. The van der Waals surface area contributed by atoms with Gasteiger partial charge in [-0.3, -0.25) is 19.5 Å². The summed E-state index contributed by atoms with van der Waals surface area (Å²) in [5.41, 5.74) is 0.650. The zero-order valence-electron chi connectivity index (χ0n) is 21.2. The maximum Gasteiger partial charge on any atom is 0.258 e. The molecule has 4 rings (SSSR count). The van der Waals surface area contributed by atoms with Gasteiger partial charge in [0.25, 0.3) is 5.91 Å². The number of para-hydroxylation sites is 2. The van der Waals surface area contributed by atoms with Gasteiger partial charge >= 0.3 is 0 Å². The molecule has 0 fully saturated rings. The van der Waals surface area contributed by atoms with Crippen molar-refractivity contribution in [1.29, 1.82) is 0 Å². The van der Waals surface area contributed by atoms with Crippen LogP contribution in [0.4, 0.5) is 5.13 Å². The second kappa shape index (κ2) is 14.6. The number of nitrogens with zero attached hydrogens (tertiary/aromatic N) is 5. The fraction of sp³-hybridized carbons (Fsp3) is 0.250. The van der Waals surface area contributed by atoms with Crippen LogP contribution < -0.4 is 20.1 Å². The summed E-state index contributed by atoms with van der Waals surface area (Å²) in [6.07, 6.45) is 0. The molecule has 210 valence electrons. The molecule has 0 spiro atoms. The Balaban J connectivity index is 1.44. The SMILES string of the molecule is CCSc1nnc(NC(=O)CSc2nnc(CNC(=O)COc3ccc(Cl)cc3Cl)n2-c2ccccc2OC)s1. The zero-order chi connectivity index (χ0) is 28.5. The van der Waals surface area contributed by atoms with Crippen LogP contribution in [-0.2, 0) is 16.1 Å². The first-order valence-corrected chi connectivity index (χ1v) is 15.2. The monoisotopic (exact) mass is 639 g/mol. The Morgan fingerprint density at radius 1 is 1.02 bits per heavy atom. The summed E-state index contributed by atoms with van der Waals surface area (Å²) in [6, 6.07) is 12.0. The van der Waals surface area contributed by atoms with Gasteiger partial charge in [0.1, 0.15) is 11.5 Å². The Morgan fingerprint density at radius 3 is 2.62 bits per heavy atom. The van der Waals surface area contributed by atoms with Crippen molar-refractivity contribution in [2.45, 2.75) is 23.0 Å². The molecule has 0 aliphatic heterocycles. The van der Waals surface area contributed by atoms with E-state index in [0.717, 1.165) is 10.1 Å². The van der Waals surface area contributed by atoms with Crippen molar-refractivity contribution >= 4 is 75.0 Å². The number of hydrogen-bond acceptors (Lipinski definition) is 11. The third-order valence-corrected chi connectivity index (χ3v) is 8.29. The van der Waals surface area contributed by atoms with Gasteiger partial charge in [-0.25, -0.2) is 0 Å². The van der Waals surface area contributed by atoms with Crippen molar-refractivity contribution in [2.24, 2.45) is 0 Å². The number of rotatable bonds is 13. The van der Waals surface area contributed by atoms with E-state index in [2.05, 4.69) is 31.0 Å². The van der Waals surface area contributed by atoms with Crippen molar-refractivity contribution in [3.63, 3.8) is 0 Å². The molecule has 0 aliphatic carbocycles. The van der Waals surface area contributed by atoms with Gasteiger partial charge in [-0.1, -0.05) is 77.1 Å². The number of nitrogens with one attached hydrogen (secondary N) is 2. The van der Waals surface area contributed by atoms with Crippen molar-refractivity contribution in [3.05, 3.63) is 58.3 Å². The van der Waals surface area contributed by atoms with E-state index in [1.165, 1.54) is 29.2 Å². The highest BCUT2D eigenvalue weighted by Crippen LogP contribution is 2.30. The highest BCUT2D eigenvalue weighted by atomic mass is 35.5. The second-order valence-corrected chi connectivity index (χ2v) is 12.0. The first-order valence-electron chi connectivity index (χ1n) is 11.7. The number of carbonyl (C=O) groups is 2. The number of ether oxygens (including phenoxy) is 2. The maximum absolute atomic E-state index is 12.6. The topological polar surface area (TPSA) is 133 Å². The van der Waals surface area contributed by atoms with Gasteiger partial charge in [-0.05, 0) is 36.1 Å². The van der Waals surface area contributed by atoms with Gasteiger partial charge in [-0.15, -0.1) is 20.4 Å². The molecule has 2 heterocycles. The molecule has 0 saturated carbocycles. The predicted octanol–water partition coefficient (Wildman–Crippen LogP) is 4.97. The van der Waals surface area contributed by atoms with E-state index in [0.29, 0.717) is 43.3 Å². The molecule has 2 amide bonds. The lowest BCUT2D eigenvalue weighted by Gasteiger charge is -2.14. The van der Waals surface area contributed by atoms with Gasteiger partial charge in [0, 0.05) is 5.02 Å². The molecule has 0 radical (unpaired) electrons. The number of hydrogen-bond donors (Lipinski definition) is 2. The van der Waals surface area contributed by atoms with Crippen molar-refractivity contribution in [2.75, 3.05) is 30.5 Å². The smallest absolute Gasteiger partial charge is 0.258 e. The van der Waals surface area contributed by atoms with Gasteiger partial charge in [0.05, 0.1) is 30.1 Å². The molecule has 2 N–H and O–H groups in total. The minimum absolute atomic E-state index is 0.0387. The lowest BCUT2D eigenvalue weighted by Crippen LogP contribution is -2.29. The molecule has 0 aliphatic rings. The maximum atomic E-state index is 12.6. The second-order valence-electron chi connectivity index (χ2n) is 7.69. The van der Waals surface area contributed by atoms with E-state index >= 15 is 0 Å². The Kier molecular flexibility index (Phi) is 10.9. The Morgan fingerprint density at radius 2 is 1.85 bits per heavy atom. The standard InChI is InChI=1S/C24H23Cl2N7O4S3/c1-3-38-24-32-30-22(40-24)28-21(35)13-39-23-31-29-19(33(23)16-6-4-5-7-18(16)36-2)11-27-20(34)12-37-17-9-8-14(25)10-15(17)26/h4-10H,3,11-13H2,1-2H3,(H,27,34)(H,28,30,35). The van der Waals surface area contributed by atoms with Crippen LogP contribution in [0.2, 0.25) is 10.0 Å². The molecule has 4 aromatic rings. The molecule has 2 aromatic heterocycles. The summed E-state index contributed by atoms with van der Waals surface area (Å²) in [6.45, 7) is 1.79. The number of benzene rings is 2. The summed E-state index contributed by atoms with van der Waals surface area (Å²) in [4.78, 5) is 25.1. The van der Waals surface area contributed by atoms with Gasteiger partial charge in [0.15, 0.2) is 21.9 Å². The summed E-state index contributed by atoms with van der Waals surface area (Å²) in [5.74, 6) is 1.58. The number of methoxy groups -OCH3 is 1. The van der Waals surface area contributed by atoms with Crippen LogP contribution in [0.15, 0.2) is 52.0 Å². The molecule has 2 aromatic carbocycles. The molecule has 0 bridgehead atoms. The minimum Gasteiger partial charge on any atom is -0.495 e. The van der Waals surface area contributed by atoms with Gasteiger partial charge < -0.3 is 14.8 Å². The van der Waals surface area contributed by atoms with E-state index in [9.17, 15) is 9.59 Å². The molecular weight excluding hydrogens is 617 g/mol. The molecular formula is C24H23Cl2N7O4S3. The third-order valence-electron chi connectivity index (χ3n) is 4.98. The molecule has 0 unspecified atom stereocenters. The predicted molar refractivity (Wildman–Crippen MR) is 157 cm³/mol. The van der Waals surface area contributed by atoms with Crippen LogP contribution in [-0.4, -0.2) is 62.0 Å². The lowest BCUT2D eigenvalue weighted by molar-refractivity contribution is -0.123. The molecule has 40 heavy (non-hydrogen) atoms. The van der Waals surface area contributed by atoms with Crippen LogP contribution in [0.5, 0.6) is 11.5 Å². The van der Waals surface area contributed by atoms with Crippen LogP contribution >= 0.6 is 58.1 Å². The van der Waals surface area contributed by atoms with E-state index in [-0.39, 0.29) is 24.8 Å². The molecule has 0 saturated heterocycles. The summed E-state index contributed by atoms with van der Waals surface area (Å²) >= 11 is 16.1. The quantitative estimate of drug-likeness (QED) is 0.152. The number of halogens is 2. The summed E-state index contributed by atoms with van der Waals surface area (Å²) < 4.78 is 13.5. The first-order chi connectivity index (χ1) is 19.4. The van der Waals surface area contributed by atoms with E-state index in [1.807, 2.05) is 25.1 Å². The zero-order valence-corrected chi connectivity index (χ0v) is 25.2. The fourth-order valence-electron chi connectivity index (χ4n) is 3.26. The average Bonchev–Trinajstić information content (AvgIpc) is 3.56. The Hall–Kier alpha value is -3.04. The van der Waals surface area contributed by atoms with Gasteiger partial charge in [0.2, 0.25) is 11.0 Å². The highest BCUT2D eigenvalue weighted by Gasteiger charge is 2.20. The number of anilines is 1. The van der Waals surface area contributed by atoms with E-state index in [1.54, 1.807) is 41.6 Å². The van der Waals surface area contributed by atoms with E-state index < -0.39 is 5.91 Å². The molecule has 0 atom stereocenters. The largest absolute Gasteiger partial charge is 0.495 e. The minimum atomic E-state index is -0.396. The van der Waals surface area contributed by atoms with Crippen molar-refractivity contribution in [1.82, 2.24) is 30.3 Å². The number of aromatic nitrogens is 5. The van der Waals surface area contributed by atoms with Crippen LogP contribution in [0.25, 0.3) is 5.69 Å². The third kappa shape index (κ3) is 8.01. The van der Waals surface area contributed by atoms with Crippen LogP contribution in [0, 0.1) is 0 Å². The average molecular weight is 641 g/mol. The van der Waals surface area contributed by atoms with Gasteiger partial charge in [-0.2, -0.15) is 0 Å². The number of carbonyl (C=O) groups excluding carboxylic acids is 2. The highest BCUT2D eigenvalue weighted by molar-refractivity contribution is 8.01. The van der Waals surface area contributed by atoms with Crippen molar-refractivity contribution in [3.8, 4) is 17.2 Å². The van der Waals surface area contributed by atoms with Crippen LogP contribution in [0.1, 0.15) is 12.7 Å². The Labute approximate surface area is 252 Å². The van der Waals surface area contributed by atoms with Crippen molar-refractivity contribution < 1.29 is 19.1 Å². The Bertz CT molecular complexity index is 1480.